The summed E-state index contributed by atoms with van der Waals surface area (Å²) >= 11 is 0. The number of piperidine rings is 1. The zero-order valence-electron chi connectivity index (χ0n) is 67.1. The van der Waals surface area contributed by atoms with E-state index >= 15 is 0 Å². The first-order valence-electron chi connectivity index (χ1n) is 40.5. The molecule has 3 aromatic carbocycles. The first kappa shape index (κ1) is 78.4. The van der Waals surface area contributed by atoms with Gasteiger partial charge in [0.15, 0.2) is 0 Å². The second-order valence-electron chi connectivity index (χ2n) is 32.8. The van der Waals surface area contributed by atoms with Gasteiger partial charge in [0.05, 0.1) is 150 Å². The molecule has 3 amide bonds. The van der Waals surface area contributed by atoms with Gasteiger partial charge in [0.2, 0.25) is 0 Å². The SMILES string of the molecule is CN(C)Cc1nc(Nc2ccc(-c3cnc4cc(F)ccn34)c3c2C(=O)NC3)ccc1N1CCC[C@H](C(C)(C)O)C1.CN(Cc1nc(Nc2ccc(-c3cnc4cc(F)ccn34)c3c2C(=O)NC3)ccc1[C@@H]1CCOC1)C1COC1.CN(Cc1nc(Nc2ccc(-c3cnc4cc(F)ccn34)c3c2C(=O)NC3)ccc1[C@H]1CCOC1)C1COC1. The Balaban J connectivity index is 0.000000123. The highest BCUT2D eigenvalue weighted by Crippen LogP contribution is 2.42. The molecular formula is C89H94F3N19O8. The summed E-state index contributed by atoms with van der Waals surface area (Å²) in [6.45, 7) is 14.7. The van der Waals surface area contributed by atoms with Gasteiger partial charge in [0, 0.05) is 137 Å². The van der Waals surface area contributed by atoms with Crippen molar-refractivity contribution < 1.29 is 51.6 Å². The molecule has 0 saturated carbocycles. The van der Waals surface area contributed by atoms with Gasteiger partial charge in [-0.05, 0) is 156 Å². The average molecular weight is 1610 g/mol. The number of hydrogen-bond donors (Lipinski definition) is 7. The number of likely N-dealkylation sites (N-methyl/N-ethyl adjacent to an activating group) is 2. The van der Waals surface area contributed by atoms with Gasteiger partial charge in [-0.1, -0.05) is 30.3 Å². The molecule has 27 nitrogen and oxygen atoms in total. The zero-order chi connectivity index (χ0) is 81.9. The smallest absolute Gasteiger partial charge is 0.254 e. The lowest BCUT2D eigenvalue weighted by Gasteiger charge is -2.40. The minimum absolute atomic E-state index is 0.140. The Morgan fingerprint density at radius 3 is 1.24 bits per heavy atom. The summed E-state index contributed by atoms with van der Waals surface area (Å²) in [5, 5.41) is 29.8. The van der Waals surface area contributed by atoms with Crippen LogP contribution in [-0.4, -0.2) is 192 Å². The van der Waals surface area contributed by atoms with Crippen LogP contribution in [0.2, 0.25) is 0 Å². The van der Waals surface area contributed by atoms with Gasteiger partial charge in [-0.3, -0.25) is 37.4 Å². The van der Waals surface area contributed by atoms with Gasteiger partial charge in [-0.2, -0.15) is 0 Å². The molecule has 0 aliphatic carbocycles. The van der Waals surface area contributed by atoms with E-state index in [9.17, 15) is 32.7 Å². The van der Waals surface area contributed by atoms with Crippen molar-refractivity contribution in [3.63, 3.8) is 0 Å². The van der Waals surface area contributed by atoms with Crippen molar-refractivity contribution in [2.24, 2.45) is 5.92 Å². The average Bonchev–Trinajstić information content (AvgIpc) is 1.63. The first-order chi connectivity index (χ1) is 57.7. The molecule has 7 N–H and O–H groups in total. The number of imidazole rings is 3. The lowest BCUT2D eigenvalue weighted by Crippen LogP contribution is -2.46. The van der Waals surface area contributed by atoms with E-state index in [4.69, 9.17) is 33.9 Å². The Morgan fingerprint density at radius 2 is 0.882 bits per heavy atom. The minimum Gasteiger partial charge on any atom is -0.390 e. The van der Waals surface area contributed by atoms with Crippen molar-refractivity contribution in [2.45, 2.75) is 108 Å². The van der Waals surface area contributed by atoms with Crippen molar-refractivity contribution in [3.05, 3.63) is 225 Å². The standard InChI is InChI=1S/C31H36FN7O2.2C29H29FN6O3/c1-31(2,41)19-6-5-12-38(17-19)25-9-10-27(36-24(25)18-37(3)4)35-23-8-7-21(22-15-34-30(40)29(22)23)26-16-33-28-14-20(32)11-13-39(26)28;2*1-35(19-15-39-16-19)13-24-20(17-7-9-38-14-17)3-5-26(34-24)33-23-4-2-21(22-11-32-29(37)28(22)23)25-12-31-27-10-18(30)6-8-36(25)27/h7-11,13-14,16,19,41H,5-6,12,15,17-18H2,1-4H3,(H,34,40)(H,35,36);2*2-6,8,10,12,17,19H,7,9,11,13-16H2,1H3,(H,32,37)(H,33,34)/t19-;2*17-/m010/s1. The number of benzene rings is 3. The zero-order valence-corrected chi connectivity index (χ0v) is 67.1. The van der Waals surface area contributed by atoms with E-state index in [1.54, 1.807) is 37.2 Å². The van der Waals surface area contributed by atoms with Crippen molar-refractivity contribution in [3.8, 4) is 33.8 Å². The van der Waals surface area contributed by atoms with Crippen LogP contribution in [0.1, 0.15) is 127 Å². The number of carbonyl (C=O) groups excluding carboxylic acids is 3. The predicted molar refractivity (Wildman–Crippen MR) is 445 cm³/mol. The predicted octanol–water partition coefficient (Wildman–Crippen LogP) is 12.3. The van der Waals surface area contributed by atoms with Crippen LogP contribution in [-0.2, 0) is 58.2 Å². The molecule has 5 saturated heterocycles. The lowest BCUT2D eigenvalue weighted by molar-refractivity contribution is -0.0590. The van der Waals surface area contributed by atoms with Gasteiger partial charge >= 0.3 is 0 Å². The number of hydrogen-bond acceptors (Lipinski definition) is 21. The number of fused-ring (bicyclic) bond motifs is 6. The number of aromatic nitrogens is 9. The number of nitrogens with one attached hydrogen (secondary N) is 6. The van der Waals surface area contributed by atoms with E-state index in [-0.39, 0.29) is 41.1 Å². The second kappa shape index (κ2) is 32.9. The molecule has 12 aromatic rings. The summed E-state index contributed by atoms with van der Waals surface area (Å²) < 4.78 is 68.8. The highest BCUT2D eigenvalue weighted by Gasteiger charge is 2.36. The van der Waals surface area contributed by atoms with E-state index in [1.807, 2.05) is 95.7 Å². The molecule has 614 valence electrons. The van der Waals surface area contributed by atoms with Crippen LogP contribution in [0.25, 0.3) is 50.7 Å². The third-order valence-corrected chi connectivity index (χ3v) is 24.2. The van der Waals surface area contributed by atoms with Crippen LogP contribution in [0.5, 0.6) is 0 Å². The molecule has 30 heteroatoms. The molecule has 20 rings (SSSR count). The van der Waals surface area contributed by atoms with Crippen LogP contribution < -0.4 is 36.8 Å². The van der Waals surface area contributed by atoms with Crippen LogP contribution >= 0.6 is 0 Å². The van der Waals surface area contributed by atoms with Crippen LogP contribution in [0.15, 0.2) is 146 Å². The van der Waals surface area contributed by atoms with Crippen LogP contribution in [0, 0.1) is 23.4 Å². The van der Waals surface area contributed by atoms with E-state index in [1.165, 1.54) is 47.5 Å². The molecule has 0 bridgehead atoms. The molecule has 5 fully saturated rings. The topological polar surface area (TPSA) is 284 Å². The van der Waals surface area contributed by atoms with Crippen LogP contribution in [0.3, 0.4) is 0 Å². The fourth-order valence-electron chi connectivity index (χ4n) is 17.4. The second-order valence-corrected chi connectivity index (χ2v) is 32.8. The molecule has 17 heterocycles. The van der Waals surface area contributed by atoms with Crippen molar-refractivity contribution >= 4 is 74.9 Å². The number of amides is 3. The van der Waals surface area contributed by atoms with Gasteiger partial charge in [-0.25, -0.2) is 43.1 Å². The maximum atomic E-state index is 13.7. The first-order valence-corrected chi connectivity index (χ1v) is 40.5. The fourth-order valence-corrected chi connectivity index (χ4v) is 17.4. The van der Waals surface area contributed by atoms with E-state index in [0.717, 1.165) is 152 Å². The Labute approximate surface area is 685 Å². The molecule has 3 atom stereocenters. The summed E-state index contributed by atoms with van der Waals surface area (Å²) in [7, 11) is 8.25. The van der Waals surface area contributed by atoms with E-state index in [2.05, 4.69) is 98.7 Å². The van der Waals surface area contributed by atoms with Crippen molar-refractivity contribution in [2.75, 3.05) is 115 Å². The number of halogens is 3. The molecule has 0 unspecified atom stereocenters. The molecule has 0 spiro atoms. The van der Waals surface area contributed by atoms with E-state index in [0.29, 0.717) is 145 Å². The summed E-state index contributed by atoms with van der Waals surface area (Å²) in [6, 6.07) is 33.1. The quantitative estimate of drug-likeness (QED) is 0.0352. The van der Waals surface area contributed by atoms with Gasteiger partial charge < -0.3 is 65.8 Å². The molecule has 8 aliphatic heterocycles. The number of pyridine rings is 6. The third-order valence-electron chi connectivity index (χ3n) is 24.2. The number of nitrogens with zero attached hydrogens (tertiary/aromatic N) is 13. The monoisotopic (exact) mass is 1610 g/mol. The normalized spacial score (nSPS) is 18.4. The number of aliphatic hydroxyl groups is 1. The maximum Gasteiger partial charge on any atom is 0.254 e. The Kier molecular flexibility index (Phi) is 21.7. The van der Waals surface area contributed by atoms with Gasteiger partial charge in [0.25, 0.3) is 17.7 Å². The fraction of sp³-hybridized carbons (Fsp3) is 0.360. The molecule has 8 aliphatic rings. The Morgan fingerprint density at radius 1 is 0.487 bits per heavy atom. The third kappa shape index (κ3) is 15.9. The molecule has 9 aromatic heterocycles. The van der Waals surface area contributed by atoms with Crippen molar-refractivity contribution in [1.29, 1.82) is 0 Å². The highest BCUT2D eigenvalue weighted by molar-refractivity contribution is 6.08. The number of carbonyl (C=O) groups is 3. The van der Waals surface area contributed by atoms with Gasteiger partial charge in [-0.15, -0.1) is 0 Å². The number of ether oxygens (including phenoxy) is 4. The lowest BCUT2D eigenvalue weighted by atomic mass is 9.84. The Bertz CT molecular complexity index is 5670. The largest absolute Gasteiger partial charge is 0.390 e. The summed E-state index contributed by atoms with van der Waals surface area (Å²) in [5.41, 5.74) is 18.7. The summed E-state index contributed by atoms with van der Waals surface area (Å²) in [6.07, 6.45) is 14.1. The molecular weight excluding hydrogens is 1520 g/mol. The Hall–Kier alpha value is -11.7. The number of rotatable bonds is 21. The van der Waals surface area contributed by atoms with Gasteiger partial charge in [0.1, 0.15) is 51.8 Å². The maximum absolute atomic E-state index is 13.7. The summed E-state index contributed by atoms with van der Waals surface area (Å²) in [4.78, 5) is 76.1. The number of anilines is 7. The molecule has 119 heavy (non-hydrogen) atoms. The highest BCUT2D eigenvalue weighted by atomic mass is 19.1. The van der Waals surface area contributed by atoms with Crippen molar-refractivity contribution in [1.82, 2.24) is 73.8 Å². The summed E-state index contributed by atoms with van der Waals surface area (Å²) in [5.74, 6) is 1.42. The molecule has 0 radical (unpaired) electrons. The van der Waals surface area contributed by atoms with Crippen LogP contribution in [0.4, 0.5) is 53.4 Å². The minimum atomic E-state index is -0.734. The van der Waals surface area contributed by atoms with E-state index < -0.39 is 5.60 Å².